The zero-order valence-corrected chi connectivity index (χ0v) is 8.41. The van der Waals surface area contributed by atoms with Gasteiger partial charge in [0.25, 0.3) is 6.43 Å². The number of benzene rings is 1. The average Bonchev–Trinajstić information content (AvgIpc) is 2.25. The highest BCUT2D eigenvalue weighted by Crippen LogP contribution is 2.30. The molecule has 0 heterocycles. The number of methoxy groups -OCH3 is 1. The van der Waals surface area contributed by atoms with E-state index in [4.69, 9.17) is 10.5 Å². The van der Waals surface area contributed by atoms with Crippen LogP contribution in [-0.4, -0.2) is 13.7 Å². The molecule has 0 saturated heterocycles. The predicted molar refractivity (Wildman–Crippen MR) is 56.0 cm³/mol. The molecule has 0 radical (unpaired) electrons. The number of halogens is 2. The Balaban J connectivity index is 3.20. The summed E-state index contributed by atoms with van der Waals surface area (Å²) < 4.78 is 30.3. The van der Waals surface area contributed by atoms with Crippen molar-refractivity contribution in [3.05, 3.63) is 35.4 Å². The van der Waals surface area contributed by atoms with Crippen molar-refractivity contribution in [3.63, 3.8) is 0 Å². The molecule has 0 aliphatic heterocycles. The molecule has 0 aliphatic rings. The number of hydrogen-bond acceptors (Lipinski definition) is 2. The van der Waals surface area contributed by atoms with E-state index >= 15 is 0 Å². The smallest absolute Gasteiger partial charge is 0.264 e. The summed E-state index contributed by atoms with van der Waals surface area (Å²) >= 11 is 0. The molecule has 0 aromatic heterocycles. The average molecular weight is 213 g/mol. The fourth-order valence-corrected chi connectivity index (χ4v) is 1.29. The lowest BCUT2D eigenvalue weighted by molar-refractivity contribution is 0.150. The van der Waals surface area contributed by atoms with E-state index in [0.717, 1.165) is 0 Å². The van der Waals surface area contributed by atoms with Gasteiger partial charge in [-0.05, 0) is 6.07 Å². The molecular formula is C11H13F2NO. The molecule has 1 aromatic rings. The molecule has 15 heavy (non-hydrogen) atoms. The van der Waals surface area contributed by atoms with Gasteiger partial charge in [-0.25, -0.2) is 8.78 Å². The topological polar surface area (TPSA) is 35.2 Å². The normalized spacial score (nSPS) is 11.3. The van der Waals surface area contributed by atoms with E-state index in [1.54, 1.807) is 24.3 Å². The lowest BCUT2D eigenvalue weighted by Gasteiger charge is -2.09. The first-order chi connectivity index (χ1) is 7.20. The van der Waals surface area contributed by atoms with Crippen LogP contribution in [0.1, 0.15) is 17.6 Å². The van der Waals surface area contributed by atoms with E-state index in [2.05, 4.69) is 0 Å². The van der Waals surface area contributed by atoms with Gasteiger partial charge in [-0.1, -0.05) is 24.3 Å². The molecule has 0 spiro atoms. The molecule has 0 unspecified atom stereocenters. The molecule has 82 valence electrons. The molecule has 4 heteroatoms. The minimum absolute atomic E-state index is 0.0425. The molecule has 1 aromatic carbocycles. The summed E-state index contributed by atoms with van der Waals surface area (Å²) in [4.78, 5) is 0. The highest BCUT2D eigenvalue weighted by molar-refractivity contribution is 5.61. The zero-order chi connectivity index (χ0) is 11.3. The second-order valence-corrected chi connectivity index (χ2v) is 2.90. The van der Waals surface area contributed by atoms with Gasteiger partial charge in [-0.2, -0.15) is 0 Å². The quantitative estimate of drug-likeness (QED) is 0.834. The molecule has 0 amide bonds. The third kappa shape index (κ3) is 2.76. The Bertz CT molecular complexity index is 350. The molecular weight excluding hydrogens is 200 g/mol. The highest BCUT2D eigenvalue weighted by atomic mass is 19.3. The summed E-state index contributed by atoms with van der Waals surface area (Å²) in [5, 5.41) is 0. The van der Waals surface area contributed by atoms with Crippen LogP contribution in [0.2, 0.25) is 0 Å². The fourth-order valence-electron chi connectivity index (χ4n) is 1.29. The van der Waals surface area contributed by atoms with Crippen molar-refractivity contribution >= 4 is 6.08 Å². The maximum atomic E-state index is 12.7. The first-order valence-electron chi connectivity index (χ1n) is 4.52. The Hall–Kier alpha value is -1.42. The van der Waals surface area contributed by atoms with Gasteiger partial charge in [0.2, 0.25) is 0 Å². The molecule has 0 aliphatic carbocycles. The van der Waals surface area contributed by atoms with Crippen molar-refractivity contribution in [2.75, 3.05) is 13.7 Å². The van der Waals surface area contributed by atoms with Crippen LogP contribution < -0.4 is 10.5 Å². The van der Waals surface area contributed by atoms with E-state index in [-0.39, 0.29) is 5.56 Å². The summed E-state index contributed by atoms with van der Waals surface area (Å²) in [7, 11) is 1.45. The largest absolute Gasteiger partial charge is 0.496 e. The summed E-state index contributed by atoms with van der Waals surface area (Å²) in [6.07, 6.45) is 0.655. The third-order valence-electron chi connectivity index (χ3n) is 1.98. The molecule has 1 rings (SSSR count). The minimum Gasteiger partial charge on any atom is -0.496 e. The molecule has 0 bridgehead atoms. The standard InChI is InChI=1S/C11H13F2NO/c1-15-10-6-2-4-9(11(12)13)8(10)5-3-7-14/h2-6,11H,7,14H2,1H3/b5-3+. The van der Waals surface area contributed by atoms with Crippen LogP contribution in [0, 0.1) is 0 Å². The van der Waals surface area contributed by atoms with E-state index in [0.29, 0.717) is 17.9 Å². The maximum absolute atomic E-state index is 12.7. The summed E-state index contributed by atoms with van der Waals surface area (Å²) in [6, 6.07) is 4.56. The van der Waals surface area contributed by atoms with Crippen molar-refractivity contribution in [1.82, 2.24) is 0 Å². The second-order valence-electron chi connectivity index (χ2n) is 2.90. The van der Waals surface area contributed by atoms with Gasteiger partial charge < -0.3 is 10.5 Å². The summed E-state index contributed by atoms with van der Waals surface area (Å²) in [5.41, 5.74) is 5.63. The van der Waals surface area contributed by atoms with Crippen molar-refractivity contribution in [3.8, 4) is 5.75 Å². The van der Waals surface area contributed by atoms with Gasteiger partial charge in [0.15, 0.2) is 0 Å². The third-order valence-corrected chi connectivity index (χ3v) is 1.98. The van der Waals surface area contributed by atoms with E-state index in [9.17, 15) is 8.78 Å². The molecule has 0 atom stereocenters. The first kappa shape index (κ1) is 11.7. The molecule has 2 N–H and O–H groups in total. The predicted octanol–water partition coefficient (Wildman–Crippen LogP) is 2.60. The van der Waals surface area contributed by atoms with Crippen molar-refractivity contribution in [2.24, 2.45) is 5.73 Å². The monoisotopic (exact) mass is 213 g/mol. The zero-order valence-electron chi connectivity index (χ0n) is 8.41. The highest BCUT2D eigenvalue weighted by Gasteiger charge is 2.14. The van der Waals surface area contributed by atoms with Gasteiger partial charge in [-0.3, -0.25) is 0 Å². The lowest BCUT2D eigenvalue weighted by atomic mass is 10.1. The molecule has 0 fully saturated rings. The Morgan fingerprint density at radius 2 is 2.20 bits per heavy atom. The van der Waals surface area contributed by atoms with Crippen LogP contribution in [0.25, 0.3) is 6.08 Å². The number of rotatable bonds is 4. The van der Waals surface area contributed by atoms with Gasteiger partial charge >= 0.3 is 0 Å². The number of ether oxygens (including phenoxy) is 1. The SMILES string of the molecule is COc1cccc(C(F)F)c1/C=C/CN. The van der Waals surface area contributed by atoms with Crippen LogP contribution in [-0.2, 0) is 0 Å². The fraction of sp³-hybridized carbons (Fsp3) is 0.273. The van der Waals surface area contributed by atoms with Gasteiger partial charge in [-0.15, -0.1) is 0 Å². The van der Waals surface area contributed by atoms with Gasteiger partial charge in [0, 0.05) is 17.7 Å². The Kier molecular flexibility index (Phi) is 4.24. The maximum Gasteiger partial charge on any atom is 0.264 e. The Labute approximate surface area is 87.4 Å². The molecule has 0 saturated carbocycles. The minimum atomic E-state index is -2.52. The number of alkyl halides is 2. The second kappa shape index (κ2) is 5.46. The van der Waals surface area contributed by atoms with Gasteiger partial charge in [0.1, 0.15) is 5.75 Å². The van der Waals surface area contributed by atoms with Crippen LogP contribution in [0.15, 0.2) is 24.3 Å². The van der Waals surface area contributed by atoms with Crippen molar-refractivity contribution in [1.29, 1.82) is 0 Å². The van der Waals surface area contributed by atoms with Gasteiger partial charge in [0.05, 0.1) is 7.11 Å². The Morgan fingerprint density at radius 3 is 2.73 bits per heavy atom. The van der Waals surface area contributed by atoms with Crippen LogP contribution in [0.5, 0.6) is 5.75 Å². The summed E-state index contributed by atoms with van der Waals surface area (Å²) in [5.74, 6) is 0.428. The van der Waals surface area contributed by atoms with Crippen LogP contribution >= 0.6 is 0 Å². The summed E-state index contributed by atoms with van der Waals surface area (Å²) in [6.45, 7) is 0.306. The van der Waals surface area contributed by atoms with Crippen molar-refractivity contribution < 1.29 is 13.5 Å². The van der Waals surface area contributed by atoms with Crippen LogP contribution in [0.3, 0.4) is 0 Å². The van der Waals surface area contributed by atoms with E-state index in [1.165, 1.54) is 13.2 Å². The Morgan fingerprint density at radius 1 is 1.47 bits per heavy atom. The van der Waals surface area contributed by atoms with E-state index in [1.807, 2.05) is 0 Å². The number of nitrogens with two attached hydrogens (primary N) is 1. The first-order valence-corrected chi connectivity index (χ1v) is 4.52. The number of hydrogen-bond donors (Lipinski definition) is 1. The molecule has 2 nitrogen and oxygen atoms in total. The lowest BCUT2D eigenvalue weighted by Crippen LogP contribution is -1.96. The van der Waals surface area contributed by atoms with Crippen LogP contribution in [0.4, 0.5) is 8.78 Å². The van der Waals surface area contributed by atoms with E-state index < -0.39 is 6.43 Å². The van der Waals surface area contributed by atoms with Crippen molar-refractivity contribution in [2.45, 2.75) is 6.43 Å².